The summed E-state index contributed by atoms with van der Waals surface area (Å²) >= 11 is 0. The molecule has 2 N–H and O–H groups in total. The maximum Gasteiger partial charge on any atom is 0.0366 e. The van der Waals surface area contributed by atoms with E-state index in [2.05, 4.69) is 36.1 Å². The van der Waals surface area contributed by atoms with Gasteiger partial charge in [-0.3, -0.25) is 0 Å². The van der Waals surface area contributed by atoms with Gasteiger partial charge in [0.1, 0.15) is 0 Å². The topological polar surface area (TPSA) is 29.3 Å². The highest BCUT2D eigenvalue weighted by Gasteiger charge is 2.11. The van der Waals surface area contributed by atoms with Crippen molar-refractivity contribution in [3.63, 3.8) is 0 Å². The zero-order valence-corrected chi connectivity index (χ0v) is 11.4. The van der Waals surface area contributed by atoms with Gasteiger partial charge in [0, 0.05) is 18.8 Å². The normalized spacial score (nSPS) is 17.4. The first-order valence-corrected chi connectivity index (χ1v) is 6.36. The van der Waals surface area contributed by atoms with Crippen LogP contribution in [-0.4, -0.2) is 19.6 Å². The number of nitrogens with zero attached hydrogens (tertiary/aromatic N) is 1. The Morgan fingerprint density at radius 2 is 1.71 bits per heavy atom. The minimum absolute atomic E-state index is 0. The highest BCUT2D eigenvalue weighted by Crippen LogP contribution is 2.22. The molecule has 0 spiro atoms. The van der Waals surface area contributed by atoms with Crippen LogP contribution in [0.25, 0.3) is 0 Å². The van der Waals surface area contributed by atoms with Crippen LogP contribution in [0.5, 0.6) is 0 Å². The Morgan fingerprint density at radius 1 is 1.12 bits per heavy atom. The largest absolute Gasteiger partial charge is 0.372 e. The number of hydrogen-bond donors (Lipinski definition) is 1. The van der Waals surface area contributed by atoms with E-state index in [1.54, 1.807) is 0 Å². The molecule has 0 aromatic heterocycles. The first-order chi connectivity index (χ1) is 7.81. The van der Waals surface area contributed by atoms with Gasteiger partial charge in [-0.15, -0.1) is 12.4 Å². The van der Waals surface area contributed by atoms with E-state index < -0.39 is 0 Å². The van der Waals surface area contributed by atoms with Gasteiger partial charge in [-0.25, -0.2) is 0 Å². The molecule has 1 heterocycles. The number of halogens is 1. The molecule has 1 atom stereocenters. The van der Waals surface area contributed by atoms with Crippen molar-refractivity contribution >= 4 is 18.1 Å². The van der Waals surface area contributed by atoms with E-state index in [1.807, 2.05) is 0 Å². The lowest BCUT2D eigenvalue weighted by Gasteiger charge is -2.29. The van der Waals surface area contributed by atoms with E-state index in [0.717, 1.165) is 6.54 Å². The van der Waals surface area contributed by atoms with Crippen molar-refractivity contribution in [1.82, 2.24) is 0 Å². The van der Waals surface area contributed by atoms with Gasteiger partial charge in [-0.1, -0.05) is 19.1 Å². The summed E-state index contributed by atoms with van der Waals surface area (Å²) in [5, 5.41) is 0. The molecule has 0 bridgehead atoms. The Balaban J connectivity index is 0.00000144. The van der Waals surface area contributed by atoms with Gasteiger partial charge in [0.15, 0.2) is 0 Å². The molecule has 17 heavy (non-hydrogen) atoms. The molecule has 1 fully saturated rings. The molecular formula is C14H23ClN2. The molecule has 0 amide bonds. The van der Waals surface area contributed by atoms with Crippen LogP contribution in [-0.2, 0) is 0 Å². The van der Waals surface area contributed by atoms with Crippen molar-refractivity contribution in [3.05, 3.63) is 29.8 Å². The second kappa shape index (κ2) is 6.87. The van der Waals surface area contributed by atoms with Crippen molar-refractivity contribution in [1.29, 1.82) is 0 Å². The summed E-state index contributed by atoms with van der Waals surface area (Å²) in [6.07, 6.45) is 4.06. The molecule has 0 radical (unpaired) electrons. The average molecular weight is 255 g/mol. The van der Waals surface area contributed by atoms with Crippen LogP contribution < -0.4 is 10.6 Å². The average Bonchev–Trinajstić information content (AvgIpc) is 2.39. The SMILES string of the molecule is CC(CN)c1ccc(N2CCCCC2)cc1.Cl. The first kappa shape index (κ1) is 14.3. The lowest BCUT2D eigenvalue weighted by atomic mass is 10.0. The van der Waals surface area contributed by atoms with Crippen molar-refractivity contribution in [2.45, 2.75) is 32.1 Å². The highest BCUT2D eigenvalue weighted by atomic mass is 35.5. The molecule has 1 aromatic carbocycles. The lowest BCUT2D eigenvalue weighted by Crippen LogP contribution is -2.29. The Bertz CT molecular complexity index is 317. The van der Waals surface area contributed by atoms with Crippen LogP contribution in [0.3, 0.4) is 0 Å². The predicted molar refractivity (Wildman–Crippen MR) is 77.2 cm³/mol. The molecular weight excluding hydrogens is 232 g/mol. The third-order valence-corrected chi connectivity index (χ3v) is 3.54. The van der Waals surface area contributed by atoms with Crippen LogP contribution >= 0.6 is 12.4 Å². The number of rotatable bonds is 3. The Kier molecular flexibility index (Phi) is 5.79. The van der Waals surface area contributed by atoms with Gasteiger partial charge < -0.3 is 10.6 Å². The van der Waals surface area contributed by atoms with Gasteiger partial charge in [0.05, 0.1) is 0 Å². The van der Waals surface area contributed by atoms with E-state index >= 15 is 0 Å². The summed E-state index contributed by atoms with van der Waals surface area (Å²) < 4.78 is 0. The van der Waals surface area contributed by atoms with Crippen molar-refractivity contribution in [2.75, 3.05) is 24.5 Å². The highest BCUT2D eigenvalue weighted by molar-refractivity contribution is 5.85. The van der Waals surface area contributed by atoms with Crippen LogP contribution in [0.4, 0.5) is 5.69 Å². The zero-order valence-electron chi connectivity index (χ0n) is 10.6. The van der Waals surface area contributed by atoms with Crippen LogP contribution in [0.2, 0.25) is 0 Å². The first-order valence-electron chi connectivity index (χ1n) is 6.36. The number of hydrogen-bond acceptors (Lipinski definition) is 2. The second-order valence-corrected chi connectivity index (χ2v) is 4.78. The Morgan fingerprint density at radius 3 is 2.24 bits per heavy atom. The van der Waals surface area contributed by atoms with E-state index in [1.165, 1.54) is 43.6 Å². The van der Waals surface area contributed by atoms with Gasteiger partial charge in [-0.2, -0.15) is 0 Å². The van der Waals surface area contributed by atoms with Crippen LogP contribution in [0.15, 0.2) is 24.3 Å². The molecule has 1 aromatic rings. The van der Waals surface area contributed by atoms with Crippen molar-refractivity contribution in [3.8, 4) is 0 Å². The number of nitrogens with two attached hydrogens (primary N) is 1. The summed E-state index contributed by atoms with van der Waals surface area (Å²) in [6.45, 7) is 5.33. The quantitative estimate of drug-likeness (QED) is 0.898. The van der Waals surface area contributed by atoms with E-state index in [9.17, 15) is 0 Å². The number of piperidine rings is 1. The molecule has 1 saturated heterocycles. The molecule has 2 nitrogen and oxygen atoms in total. The second-order valence-electron chi connectivity index (χ2n) is 4.78. The minimum Gasteiger partial charge on any atom is -0.372 e. The monoisotopic (exact) mass is 254 g/mol. The predicted octanol–water partition coefficient (Wildman–Crippen LogP) is 3.16. The standard InChI is InChI=1S/C14H22N2.ClH/c1-12(11-15)13-5-7-14(8-6-13)16-9-3-2-4-10-16;/h5-8,12H,2-4,9-11,15H2,1H3;1H. The molecule has 96 valence electrons. The van der Waals surface area contributed by atoms with Crippen LogP contribution in [0, 0.1) is 0 Å². The number of anilines is 1. The lowest BCUT2D eigenvalue weighted by molar-refractivity contribution is 0.578. The van der Waals surface area contributed by atoms with E-state index in [0.29, 0.717) is 5.92 Å². The molecule has 0 aliphatic carbocycles. The van der Waals surface area contributed by atoms with E-state index in [4.69, 9.17) is 5.73 Å². The van der Waals surface area contributed by atoms with Crippen molar-refractivity contribution < 1.29 is 0 Å². The molecule has 0 saturated carbocycles. The van der Waals surface area contributed by atoms with Gasteiger partial charge in [-0.05, 0) is 49.4 Å². The summed E-state index contributed by atoms with van der Waals surface area (Å²) in [5.74, 6) is 0.468. The third kappa shape index (κ3) is 3.62. The Labute approximate surface area is 111 Å². The summed E-state index contributed by atoms with van der Waals surface area (Å²) in [6, 6.07) is 8.93. The van der Waals surface area contributed by atoms with Gasteiger partial charge in [0.25, 0.3) is 0 Å². The maximum absolute atomic E-state index is 5.67. The minimum atomic E-state index is 0. The third-order valence-electron chi connectivity index (χ3n) is 3.54. The zero-order chi connectivity index (χ0) is 11.4. The van der Waals surface area contributed by atoms with E-state index in [-0.39, 0.29) is 12.4 Å². The number of benzene rings is 1. The summed E-state index contributed by atoms with van der Waals surface area (Å²) in [4.78, 5) is 2.49. The van der Waals surface area contributed by atoms with Crippen molar-refractivity contribution in [2.24, 2.45) is 5.73 Å². The fourth-order valence-electron chi connectivity index (χ4n) is 2.30. The maximum atomic E-state index is 5.67. The fourth-order valence-corrected chi connectivity index (χ4v) is 2.30. The fraction of sp³-hybridized carbons (Fsp3) is 0.571. The molecule has 1 unspecified atom stereocenters. The van der Waals surface area contributed by atoms with Crippen LogP contribution in [0.1, 0.15) is 37.7 Å². The Hall–Kier alpha value is -0.730. The molecule has 2 rings (SSSR count). The molecule has 1 aliphatic heterocycles. The smallest absolute Gasteiger partial charge is 0.0366 e. The van der Waals surface area contributed by atoms with Gasteiger partial charge in [0.2, 0.25) is 0 Å². The summed E-state index contributed by atoms with van der Waals surface area (Å²) in [7, 11) is 0. The summed E-state index contributed by atoms with van der Waals surface area (Å²) in [5.41, 5.74) is 8.39. The molecule has 3 heteroatoms. The van der Waals surface area contributed by atoms with Gasteiger partial charge >= 0.3 is 0 Å². The molecule has 1 aliphatic rings.